The topological polar surface area (TPSA) is 91.1 Å². The number of nitrogens with zero attached hydrogens (tertiary/aromatic N) is 2. The highest BCUT2D eigenvalue weighted by Gasteiger charge is 2.35. The van der Waals surface area contributed by atoms with Crippen LogP contribution in [-0.2, 0) is 16.1 Å². The first-order chi connectivity index (χ1) is 11.8. The van der Waals surface area contributed by atoms with Gasteiger partial charge in [0.1, 0.15) is 5.82 Å². The summed E-state index contributed by atoms with van der Waals surface area (Å²) in [6.45, 7) is 4.53. The standard InChI is InChI=1S/C17H21FN4O3/c1-17(2)9-11(7-8-25-17)15(23)22(10-14-19-16(24)21-20-14)13-5-3-12(18)4-6-13/h3-6,11H,7-10H2,1-2H3,(H2,19,20,21,24). The van der Waals surface area contributed by atoms with Gasteiger partial charge in [0.15, 0.2) is 5.82 Å². The SMILES string of the molecule is CC1(C)CC(C(=O)N(Cc2n[nH]c(=O)[nH]2)c2ccc(F)cc2)CCO1. The maximum absolute atomic E-state index is 13.3. The Morgan fingerprint density at radius 1 is 1.40 bits per heavy atom. The molecule has 0 saturated carbocycles. The monoisotopic (exact) mass is 348 g/mol. The lowest BCUT2D eigenvalue weighted by molar-refractivity contribution is -0.132. The number of amides is 1. The van der Waals surface area contributed by atoms with E-state index in [4.69, 9.17) is 4.74 Å². The third-order valence-corrected chi connectivity index (χ3v) is 4.31. The van der Waals surface area contributed by atoms with Crippen LogP contribution in [-0.4, -0.2) is 33.3 Å². The van der Waals surface area contributed by atoms with E-state index in [9.17, 15) is 14.0 Å². The van der Waals surface area contributed by atoms with Crippen molar-refractivity contribution in [2.24, 2.45) is 5.92 Å². The summed E-state index contributed by atoms with van der Waals surface area (Å²) in [5, 5.41) is 6.16. The van der Waals surface area contributed by atoms with Gasteiger partial charge in [-0.1, -0.05) is 0 Å². The van der Waals surface area contributed by atoms with Crippen LogP contribution in [0.3, 0.4) is 0 Å². The molecule has 2 heterocycles. The van der Waals surface area contributed by atoms with Gasteiger partial charge in [0.2, 0.25) is 5.91 Å². The summed E-state index contributed by atoms with van der Waals surface area (Å²) in [6, 6.07) is 5.69. The van der Waals surface area contributed by atoms with Crippen molar-refractivity contribution in [2.45, 2.75) is 38.8 Å². The zero-order valence-electron chi connectivity index (χ0n) is 14.2. The summed E-state index contributed by atoms with van der Waals surface area (Å²) in [6.07, 6.45) is 1.22. The van der Waals surface area contributed by atoms with Crippen molar-refractivity contribution in [2.75, 3.05) is 11.5 Å². The molecule has 1 aromatic carbocycles. The highest BCUT2D eigenvalue weighted by Crippen LogP contribution is 2.31. The number of hydrogen-bond donors (Lipinski definition) is 2. The molecule has 1 unspecified atom stereocenters. The Morgan fingerprint density at radius 3 is 2.72 bits per heavy atom. The average Bonchev–Trinajstić information content (AvgIpc) is 2.97. The zero-order valence-corrected chi connectivity index (χ0v) is 14.2. The van der Waals surface area contributed by atoms with E-state index in [0.29, 0.717) is 31.0 Å². The normalized spacial score (nSPS) is 19.6. The van der Waals surface area contributed by atoms with E-state index in [-0.39, 0.29) is 29.8 Å². The van der Waals surface area contributed by atoms with Crippen molar-refractivity contribution in [3.8, 4) is 0 Å². The Labute approximate surface area is 144 Å². The maximum Gasteiger partial charge on any atom is 0.340 e. The van der Waals surface area contributed by atoms with Crippen molar-refractivity contribution in [1.82, 2.24) is 15.2 Å². The molecule has 2 aromatic rings. The van der Waals surface area contributed by atoms with Crippen LogP contribution >= 0.6 is 0 Å². The Kier molecular flexibility index (Phi) is 4.71. The summed E-state index contributed by atoms with van der Waals surface area (Å²) < 4.78 is 18.9. The third-order valence-electron chi connectivity index (χ3n) is 4.31. The van der Waals surface area contributed by atoms with Gasteiger partial charge in [0.05, 0.1) is 12.1 Å². The number of ether oxygens (including phenoxy) is 1. The number of aromatic nitrogens is 3. The second-order valence-corrected chi connectivity index (χ2v) is 6.82. The molecule has 25 heavy (non-hydrogen) atoms. The fourth-order valence-electron chi connectivity index (χ4n) is 3.11. The molecule has 1 saturated heterocycles. The number of carbonyl (C=O) groups excluding carboxylic acids is 1. The molecule has 0 bridgehead atoms. The van der Waals surface area contributed by atoms with Crippen LogP contribution in [0.25, 0.3) is 0 Å². The first-order valence-electron chi connectivity index (χ1n) is 8.18. The largest absolute Gasteiger partial charge is 0.376 e. The van der Waals surface area contributed by atoms with Gasteiger partial charge >= 0.3 is 5.69 Å². The number of H-pyrrole nitrogens is 2. The van der Waals surface area contributed by atoms with Gasteiger partial charge in [-0.3, -0.25) is 9.78 Å². The smallest absolute Gasteiger partial charge is 0.340 e. The summed E-state index contributed by atoms with van der Waals surface area (Å²) >= 11 is 0. The second kappa shape index (κ2) is 6.79. The highest BCUT2D eigenvalue weighted by molar-refractivity contribution is 5.95. The van der Waals surface area contributed by atoms with E-state index in [1.807, 2.05) is 13.8 Å². The van der Waals surface area contributed by atoms with Crippen molar-refractivity contribution in [1.29, 1.82) is 0 Å². The van der Waals surface area contributed by atoms with Gasteiger partial charge in [0.25, 0.3) is 0 Å². The molecule has 134 valence electrons. The Hall–Kier alpha value is -2.48. The van der Waals surface area contributed by atoms with E-state index in [0.717, 1.165) is 0 Å². The van der Waals surface area contributed by atoms with E-state index in [1.165, 1.54) is 17.0 Å². The van der Waals surface area contributed by atoms with Crippen LogP contribution < -0.4 is 10.6 Å². The number of nitrogens with one attached hydrogen (secondary N) is 2. The minimum Gasteiger partial charge on any atom is -0.376 e. The van der Waals surface area contributed by atoms with Gasteiger partial charge < -0.3 is 9.64 Å². The lowest BCUT2D eigenvalue weighted by Gasteiger charge is -2.37. The number of rotatable bonds is 4. The fraction of sp³-hybridized carbons (Fsp3) is 0.471. The van der Waals surface area contributed by atoms with Gasteiger partial charge in [-0.2, -0.15) is 5.10 Å². The number of benzene rings is 1. The molecule has 1 aliphatic heterocycles. The van der Waals surface area contributed by atoms with Crippen molar-refractivity contribution >= 4 is 11.6 Å². The molecule has 1 atom stereocenters. The Balaban J connectivity index is 1.88. The molecule has 1 amide bonds. The molecule has 2 N–H and O–H groups in total. The molecule has 3 rings (SSSR count). The van der Waals surface area contributed by atoms with Crippen molar-refractivity contribution in [3.63, 3.8) is 0 Å². The molecule has 7 nitrogen and oxygen atoms in total. The molecule has 1 aliphatic rings. The molecule has 1 fully saturated rings. The van der Waals surface area contributed by atoms with Gasteiger partial charge in [0, 0.05) is 18.2 Å². The Morgan fingerprint density at radius 2 is 2.12 bits per heavy atom. The lowest BCUT2D eigenvalue weighted by atomic mass is 9.87. The number of aromatic amines is 2. The molecule has 0 aliphatic carbocycles. The minimum atomic E-state index is -0.436. The van der Waals surface area contributed by atoms with E-state index in [1.54, 1.807) is 12.1 Å². The summed E-state index contributed by atoms with van der Waals surface area (Å²) in [7, 11) is 0. The highest BCUT2D eigenvalue weighted by atomic mass is 19.1. The van der Waals surface area contributed by atoms with Crippen LogP contribution in [0.4, 0.5) is 10.1 Å². The lowest BCUT2D eigenvalue weighted by Crippen LogP contribution is -2.43. The van der Waals surface area contributed by atoms with Gasteiger partial charge in [-0.25, -0.2) is 14.3 Å². The van der Waals surface area contributed by atoms with Crippen molar-refractivity contribution in [3.05, 3.63) is 46.4 Å². The molecule has 1 aromatic heterocycles. The van der Waals surface area contributed by atoms with Crippen LogP contribution in [0.1, 0.15) is 32.5 Å². The molecule has 8 heteroatoms. The number of carbonyl (C=O) groups is 1. The first-order valence-corrected chi connectivity index (χ1v) is 8.18. The quantitative estimate of drug-likeness (QED) is 0.884. The first kappa shape index (κ1) is 17.3. The van der Waals surface area contributed by atoms with Crippen molar-refractivity contribution < 1.29 is 13.9 Å². The predicted molar refractivity (Wildman–Crippen MR) is 89.6 cm³/mol. The van der Waals surface area contributed by atoms with Gasteiger partial charge in [-0.15, -0.1) is 0 Å². The minimum absolute atomic E-state index is 0.0909. The number of halogens is 1. The van der Waals surface area contributed by atoms with E-state index >= 15 is 0 Å². The molecule has 0 spiro atoms. The van der Waals surface area contributed by atoms with Crippen LogP contribution in [0.2, 0.25) is 0 Å². The second-order valence-electron chi connectivity index (χ2n) is 6.82. The fourth-order valence-corrected chi connectivity index (χ4v) is 3.11. The average molecular weight is 348 g/mol. The molecule has 0 radical (unpaired) electrons. The Bertz CT molecular complexity index is 797. The van der Waals surface area contributed by atoms with Gasteiger partial charge in [-0.05, 0) is 51.0 Å². The third kappa shape index (κ3) is 4.14. The van der Waals surface area contributed by atoms with Crippen LogP contribution in [0, 0.1) is 11.7 Å². The number of hydrogen-bond acceptors (Lipinski definition) is 4. The van der Waals surface area contributed by atoms with E-state index in [2.05, 4.69) is 15.2 Å². The van der Waals surface area contributed by atoms with E-state index < -0.39 is 5.69 Å². The predicted octanol–water partition coefficient (Wildman–Crippen LogP) is 1.98. The van der Waals surface area contributed by atoms with Crippen LogP contribution in [0.15, 0.2) is 29.1 Å². The molecular formula is C17H21FN4O3. The summed E-state index contributed by atoms with van der Waals surface area (Å²) in [4.78, 5) is 28.5. The van der Waals surface area contributed by atoms with Crippen LogP contribution in [0.5, 0.6) is 0 Å². The summed E-state index contributed by atoms with van der Waals surface area (Å²) in [5.74, 6) is -0.336. The zero-order chi connectivity index (χ0) is 18.0. The summed E-state index contributed by atoms with van der Waals surface area (Å²) in [5.41, 5.74) is -0.249. The maximum atomic E-state index is 13.3. The number of anilines is 1. The molecular weight excluding hydrogens is 327 g/mol.